The second-order valence-corrected chi connectivity index (χ2v) is 20.9. The Morgan fingerprint density at radius 3 is 1.69 bits per heavy atom. The van der Waals surface area contributed by atoms with Gasteiger partial charge in [-0.15, -0.1) is 11.3 Å². The molecule has 8 aromatic rings. The van der Waals surface area contributed by atoms with Crippen molar-refractivity contribution in [3.63, 3.8) is 0 Å². The van der Waals surface area contributed by atoms with E-state index in [-0.39, 0.29) is 22.7 Å². The largest absolute Gasteiger partial charge is 0.465 e. The van der Waals surface area contributed by atoms with Gasteiger partial charge in [-0.1, -0.05) is 236 Å². The van der Waals surface area contributed by atoms with E-state index in [1.165, 1.54) is 18.4 Å². The highest BCUT2D eigenvalue weighted by Crippen LogP contribution is 2.42. The lowest BCUT2D eigenvalue weighted by Gasteiger charge is -2.49. The first-order valence-corrected chi connectivity index (χ1v) is 28.0. The number of nitrogens with zero attached hydrogens (tertiary/aromatic N) is 3. The number of ether oxygens (including phenoxy) is 2. The second kappa shape index (κ2) is 24.5. The van der Waals surface area contributed by atoms with Gasteiger partial charge >= 0.3 is 11.9 Å². The van der Waals surface area contributed by atoms with Gasteiger partial charge in [-0.05, 0) is 45.5 Å². The number of benzene rings is 7. The van der Waals surface area contributed by atoms with Crippen molar-refractivity contribution in [3.05, 3.63) is 286 Å². The van der Waals surface area contributed by atoms with Gasteiger partial charge in [0.2, 0.25) is 0 Å². The van der Waals surface area contributed by atoms with E-state index in [1.807, 2.05) is 159 Å². The zero-order valence-electron chi connectivity index (χ0n) is 43.5. The van der Waals surface area contributed by atoms with E-state index in [0.717, 1.165) is 21.6 Å². The van der Waals surface area contributed by atoms with E-state index in [1.54, 1.807) is 78.2 Å². The molecule has 7 aromatic carbocycles. The Morgan fingerprint density at radius 1 is 0.738 bits per heavy atom. The molecule has 0 spiro atoms. The molecule has 398 valence electrons. The number of esters is 2. The lowest BCUT2D eigenvalue weighted by Crippen LogP contribution is -2.74. The third-order valence-electron chi connectivity index (χ3n) is 13.7. The van der Waals surface area contributed by atoms with Crippen molar-refractivity contribution in [1.29, 1.82) is 0 Å². The molecular weight excluding hydrogens is 1040 g/mol. The summed E-state index contributed by atoms with van der Waals surface area (Å²) in [6, 6.07) is 63.9. The molecule has 0 aliphatic carbocycles. The van der Waals surface area contributed by atoms with E-state index < -0.39 is 68.9 Å². The fourth-order valence-electron chi connectivity index (χ4n) is 9.92. The summed E-state index contributed by atoms with van der Waals surface area (Å²) in [5.41, 5.74) is 1.34. The predicted octanol–water partition coefficient (Wildman–Crippen LogP) is 10.4. The van der Waals surface area contributed by atoms with Gasteiger partial charge in [0, 0.05) is 22.9 Å². The summed E-state index contributed by atoms with van der Waals surface area (Å²) in [5, 5.41) is 11.8. The predicted molar refractivity (Wildman–Crippen MR) is 309 cm³/mol. The highest BCUT2D eigenvalue weighted by molar-refractivity contribution is 7.86. The fourth-order valence-corrected chi connectivity index (χ4v) is 12.3. The van der Waals surface area contributed by atoms with Crippen LogP contribution in [0.3, 0.4) is 0 Å². The lowest BCUT2D eigenvalue weighted by molar-refractivity contribution is -0.165. The first-order valence-electron chi connectivity index (χ1n) is 25.7. The zero-order chi connectivity index (χ0) is 55.5. The molecule has 3 atom stereocenters. The maximum Gasteiger partial charge on any atom is 0.362 e. The van der Waals surface area contributed by atoms with Crippen LogP contribution < -0.4 is 10.6 Å². The van der Waals surface area contributed by atoms with E-state index >= 15 is 4.79 Å². The van der Waals surface area contributed by atoms with Crippen molar-refractivity contribution < 1.29 is 37.7 Å². The molecule has 2 N–H and O–H groups in total. The SMILES string of the molecule is CCC#CC=CC1=C(C(=O)OC(c2ccccc2)c2ccccc2)N2C(=O)[C@@H](NC(=O)C(=NOC(C(=O)OC)(c3ccccc3)c3ccccc3)c3csc(NC(c4ccccc4)(c4ccccc4)c4ccccc4)n3)[C@H]2[S@@](=O)C1. The third kappa shape index (κ3) is 10.7. The Hall–Kier alpha value is -9.49. The van der Waals surface area contributed by atoms with Crippen LogP contribution >= 0.6 is 11.3 Å². The molecule has 10 rings (SSSR count). The number of aromatic nitrogens is 1. The van der Waals surface area contributed by atoms with Crippen LogP contribution in [-0.4, -0.2) is 67.8 Å². The summed E-state index contributed by atoms with van der Waals surface area (Å²) in [5.74, 6) is 2.32. The average molecular weight is 1100 g/mol. The maximum atomic E-state index is 15.3. The van der Waals surface area contributed by atoms with Crippen LogP contribution in [0.2, 0.25) is 0 Å². The number of amides is 2. The molecule has 13 nitrogen and oxygen atoms in total. The number of β-lactam (4-membered cyclic amide) rings is 1. The Morgan fingerprint density at radius 2 is 1.21 bits per heavy atom. The van der Waals surface area contributed by atoms with Crippen LogP contribution in [0, 0.1) is 11.8 Å². The monoisotopic (exact) mass is 1100 g/mol. The number of allylic oxidation sites excluding steroid dienone is 2. The number of thiazole rings is 1. The van der Waals surface area contributed by atoms with Crippen molar-refractivity contribution >= 4 is 56.7 Å². The molecule has 3 heterocycles. The minimum Gasteiger partial charge on any atom is -0.465 e. The van der Waals surface area contributed by atoms with Gasteiger partial charge in [0.15, 0.2) is 16.9 Å². The van der Waals surface area contributed by atoms with Crippen LogP contribution in [0.15, 0.2) is 246 Å². The van der Waals surface area contributed by atoms with Crippen molar-refractivity contribution in [2.24, 2.45) is 5.16 Å². The average Bonchev–Trinajstić information content (AvgIpc) is 3.50. The number of oxime groups is 1. The van der Waals surface area contributed by atoms with Gasteiger partial charge < -0.3 is 24.9 Å². The minimum absolute atomic E-state index is 0.00371. The summed E-state index contributed by atoms with van der Waals surface area (Å²) in [6.07, 6.45) is 2.80. The second-order valence-electron chi connectivity index (χ2n) is 18.5. The maximum absolute atomic E-state index is 15.3. The number of carbonyl (C=O) groups is 4. The standard InChI is InChI=1S/C65H53N5O8S2/c1-3-4-5-13-32-47-44-80(75)60-55(59(72)70(60)56(47)61(73)77-57(45-28-14-6-15-29-45)46-30-16-7-17-31-46)67-58(71)54(69-78-65(62(74)76-2,51-39-24-11-25-40-51)52-41-26-12-27-42-52)53-43-79-63(66-53)68-64(48-33-18-8-19-34-48,49-35-20-9-21-36-49)50-37-22-10-23-38-50/h6-43,55,57,60H,3,44H2,1-2H3,(H,66,68)(H,67,71)/t55-,60-,80+/m1/s1. The molecule has 0 saturated carbocycles. The molecule has 2 amide bonds. The van der Waals surface area contributed by atoms with Gasteiger partial charge in [-0.2, -0.15) is 0 Å². The lowest BCUT2D eigenvalue weighted by atomic mass is 9.77. The van der Waals surface area contributed by atoms with Crippen LogP contribution in [0.1, 0.15) is 64.1 Å². The molecular formula is C65H53N5O8S2. The number of rotatable bonds is 18. The Bertz CT molecular complexity index is 3510. The first kappa shape index (κ1) is 53.9. The summed E-state index contributed by atoms with van der Waals surface area (Å²) in [6.45, 7) is 1.90. The summed E-state index contributed by atoms with van der Waals surface area (Å²) in [7, 11) is -0.657. The fraction of sp³-hybridized carbons (Fsp3) is 0.138. The summed E-state index contributed by atoms with van der Waals surface area (Å²) < 4.78 is 26.3. The van der Waals surface area contributed by atoms with E-state index in [2.05, 4.69) is 27.6 Å². The van der Waals surface area contributed by atoms with Gasteiger partial charge in [0.1, 0.15) is 28.3 Å². The molecule has 0 unspecified atom stereocenters. The van der Waals surface area contributed by atoms with E-state index in [9.17, 15) is 18.6 Å². The molecule has 1 fully saturated rings. The molecule has 0 radical (unpaired) electrons. The van der Waals surface area contributed by atoms with Crippen LogP contribution in [0.25, 0.3) is 0 Å². The molecule has 0 bridgehead atoms. The molecule has 2 aliphatic rings. The minimum atomic E-state index is -2.07. The molecule has 80 heavy (non-hydrogen) atoms. The van der Waals surface area contributed by atoms with Crippen molar-refractivity contribution in [2.75, 3.05) is 18.2 Å². The number of anilines is 1. The number of methoxy groups -OCH3 is 1. The quantitative estimate of drug-likeness (QED) is 0.0211. The van der Waals surface area contributed by atoms with E-state index in [4.69, 9.17) is 19.3 Å². The van der Waals surface area contributed by atoms with Crippen molar-refractivity contribution in [3.8, 4) is 11.8 Å². The number of hydrogen-bond acceptors (Lipinski definition) is 12. The zero-order valence-corrected chi connectivity index (χ0v) is 45.1. The number of hydrogen-bond donors (Lipinski definition) is 2. The van der Waals surface area contributed by atoms with Crippen molar-refractivity contribution in [2.45, 2.75) is 42.0 Å². The van der Waals surface area contributed by atoms with Crippen LogP contribution in [-0.2, 0) is 55.4 Å². The van der Waals surface area contributed by atoms with Gasteiger partial charge in [-0.25, -0.2) is 14.6 Å². The van der Waals surface area contributed by atoms with Crippen molar-refractivity contribution in [1.82, 2.24) is 15.2 Å². The van der Waals surface area contributed by atoms with Gasteiger partial charge in [0.05, 0.1) is 23.7 Å². The Kier molecular flexibility index (Phi) is 16.5. The summed E-state index contributed by atoms with van der Waals surface area (Å²) >= 11 is 1.19. The molecule has 2 aliphatic heterocycles. The molecule has 1 aromatic heterocycles. The summed E-state index contributed by atoms with van der Waals surface area (Å²) in [4.78, 5) is 71.9. The van der Waals surface area contributed by atoms with Crippen LogP contribution in [0.5, 0.6) is 0 Å². The highest BCUT2D eigenvalue weighted by atomic mass is 32.2. The van der Waals surface area contributed by atoms with Crippen LogP contribution in [0.4, 0.5) is 5.13 Å². The highest BCUT2D eigenvalue weighted by Gasteiger charge is 2.58. The number of fused-ring (bicyclic) bond motifs is 1. The van der Waals surface area contributed by atoms with Gasteiger partial charge in [-0.3, -0.25) is 18.7 Å². The smallest absolute Gasteiger partial charge is 0.362 e. The third-order valence-corrected chi connectivity index (χ3v) is 16.1. The number of nitrogens with one attached hydrogen (secondary N) is 2. The Balaban J connectivity index is 1.05. The molecule has 1 saturated heterocycles. The topological polar surface area (TPSA) is 166 Å². The molecule has 15 heteroatoms. The van der Waals surface area contributed by atoms with E-state index in [0.29, 0.717) is 33.8 Å². The normalized spacial score (nSPS) is 16.2. The first-order chi connectivity index (χ1) is 39.2. The van der Waals surface area contributed by atoms with Gasteiger partial charge in [0.25, 0.3) is 17.4 Å². The number of carbonyl (C=O) groups excluding carboxylic acids is 4. The Labute approximate surface area is 470 Å².